The van der Waals surface area contributed by atoms with Gasteiger partial charge >= 0.3 is 0 Å². The number of aromatic nitrogens is 1. The molecule has 1 amide bonds. The Labute approximate surface area is 193 Å². The lowest BCUT2D eigenvalue weighted by Crippen LogP contribution is -2.14. The summed E-state index contributed by atoms with van der Waals surface area (Å²) in [4.78, 5) is 17.3. The van der Waals surface area contributed by atoms with E-state index in [1.165, 1.54) is 17.7 Å². The van der Waals surface area contributed by atoms with Crippen molar-refractivity contribution < 1.29 is 13.2 Å². The zero-order valence-electron chi connectivity index (χ0n) is 16.7. The number of amides is 1. The van der Waals surface area contributed by atoms with Gasteiger partial charge in [0.2, 0.25) is 5.91 Å². The van der Waals surface area contributed by atoms with E-state index in [9.17, 15) is 13.2 Å². The van der Waals surface area contributed by atoms with E-state index >= 15 is 0 Å². The lowest BCUT2D eigenvalue weighted by Gasteiger charge is -2.06. The number of rotatable bonds is 8. The maximum absolute atomic E-state index is 12.4. The number of sulfone groups is 1. The van der Waals surface area contributed by atoms with Crippen molar-refractivity contribution in [2.75, 3.05) is 17.3 Å². The van der Waals surface area contributed by atoms with Crippen LogP contribution >= 0.6 is 34.4 Å². The number of benzene rings is 2. The average molecular weight is 489 g/mol. The summed E-state index contributed by atoms with van der Waals surface area (Å²) in [6.45, 7) is 0. The van der Waals surface area contributed by atoms with Crippen molar-refractivity contribution in [3.05, 3.63) is 70.4 Å². The molecule has 5 nitrogen and oxygen atoms in total. The smallest absolute Gasteiger partial charge is 0.228 e. The second-order valence-corrected chi connectivity index (χ2v) is 12.2. The van der Waals surface area contributed by atoms with Crippen LogP contribution in [0.1, 0.15) is 11.1 Å². The molecule has 2 aromatic carbocycles. The Balaban J connectivity index is 1.36. The molecular formula is C22H20N2O3S4. The lowest BCUT2D eigenvalue weighted by molar-refractivity contribution is -0.115. The highest BCUT2D eigenvalue weighted by Crippen LogP contribution is 2.31. The van der Waals surface area contributed by atoms with Crippen molar-refractivity contribution in [1.29, 1.82) is 0 Å². The van der Waals surface area contributed by atoms with E-state index < -0.39 is 9.84 Å². The van der Waals surface area contributed by atoms with Gasteiger partial charge in [0.15, 0.2) is 14.2 Å². The number of carbonyl (C=O) groups excluding carboxylic acids is 1. The molecule has 0 aliphatic heterocycles. The summed E-state index contributed by atoms with van der Waals surface area (Å²) in [5.41, 5.74) is 3.77. The van der Waals surface area contributed by atoms with E-state index in [2.05, 4.69) is 27.1 Å². The third-order valence-electron chi connectivity index (χ3n) is 4.57. The zero-order chi connectivity index (χ0) is 21.8. The molecule has 0 aliphatic rings. The van der Waals surface area contributed by atoms with Crippen molar-refractivity contribution >= 4 is 66.1 Å². The van der Waals surface area contributed by atoms with Crippen LogP contribution in [0.4, 0.5) is 5.69 Å². The topological polar surface area (TPSA) is 76.1 Å². The molecule has 2 aromatic heterocycles. The number of fused-ring (bicyclic) bond motifs is 1. The Morgan fingerprint density at radius 2 is 1.90 bits per heavy atom. The molecule has 0 unspecified atom stereocenters. The van der Waals surface area contributed by atoms with Crippen molar-refractivity contribution in [2.24, 2.45) is 0 Å². The van der Waals surface area contributed by atoms with Crippen molar-refractivity contribution in [3.63, 3.8) is 0 Å². The van der Waals surface area contributed by atoms with Crippen molar-refractivity contribution in [3.8, 4) is 0 Å². The number of thiophene rings is 1. The first kappa shape index (κ1) is 22.0. The van der Waals surface area contributed by atoms with E-state index in [0.717, 1.165) is 44.2 Å². The fourth-order valence-corrected chi connectivity index (χ4v) is 6.48. The molecule has 4 rings (SSSR count). The minimum atomic E-state index is -3.24. The van der Waals surface area contributed by atoms with Crippen LogP contribution in [0.3, 0.4) is 0 Å². The first-order chi connectivity index (χ1) is 14.9. The zero-order valence-corrected chi connectivity index (χ0v) is 20.0. The summed E-state index contributed by atoms with van der Waals surface area (Å²) in [5.74, 6) is 0.833. The molecule has 2 heterocycles. The monoisotopic (exact) mass is 488 g/mol. The van der Waals surface area contributed by atoms with Gasteiger partial charge in [0.05, 0.1) is 21.5 Å². The van der Waals surface area contributed by atoms with Crippen LogP contribution in [0, 0.1) is 0 Å². The predicted octanol–water partition coefficient (Wildman–Crippen LogP) is 5.28. The summed E-state index contributed by atoms with van der Waals surface area (Å²) in [5, 5.41) is 7.18. The number of thioether (sulfide) groups is 1. The highest BCUT2D eigenvalue weighted by molar-refractivity contribution is 8.01. The highest BCUT2D eigenvalue weighted by atomic mass is 32.2. The van der Waals surface area contributed by atoms with Gasteiger partial charge < -0.3 is 5.32 Å². The molecule has 0 spiro atoms. The molecule has 0 fully saturated rings. The van der Waals surface area contributed by atoms with Crippen LogP contribution < -0.4 is 5.32 Å². The second-order valence-electron chi connectivity index (χ2n) is 7.03. The minimum Gasteiger partial charge on any atom is -0.326 e. The average Bonchev–Trinajstić information content (AvgIpc) is 3.37. The number of hydrogen-bond donors (Lipinski definition) is 1. The fraction of sp³-hybridized carbons (Fsp3) is 0.182. The van der Waals surface area contributed by atoms with Crippen LogP contribution in [-0.2, 0) is 27.5 Å². The molecular weight excluding hydrogens is 469 g/mol. The Hall–Kier alpha value is -2.20. The fourth-order valence-electron chi connectivity index (χ4n) is 2.98. The minimum absolute atomic E-state index is 0.152. The maximum Gasteiger partial charge on any atom is 0.228 e. The molecule has 160 valence electrons. The number of hydrogen-bond acceptors (Lipinski definition) is 7. The van der Waals surface area contributed by atoms with E-state index in [-0.39, 0.29) is 17.2 Å². The molecule has 0 saturated carbocycles. The van der Waals surface area contributed by atoms with Gasteiger partial charge in [0.25, 0.3) is 0 Å². The SMILES string of the molecule is CS(=O)(=O)c1ccc(CC(=O)Nc2ccc3nc(SCCc4ccsc4)sc3c2)cc1. The Morgan fingerprint density at radius 3 is 2.61 bits per heavy atom. The van der Waals surface area contributed by atoms with Crippen LogP contribution in [0.5, 0.6) is 0 Å². The van der Waals surface area contributed by atoms with E-state index in [0.29, 0.717) is 0 Å². The summed E-state index contributed by atoms with van der Waals surface area (Å²) >= 11 is 5.10. The molecule has 0 bridgehead atoms. The van der Waals surface area contributed by atoms with Gasteiger partial charge in [0, 0.05) is 17.7 Å². The van der Waals surface area contributed by atoms with E-state index in [1.807, 2.05) is 18.2 Å². The van der Waals surface area contributed by atoms with E-state index in [1.54, 1.807) is 46.6 Å². The number of nitrogens with one attached hydrogen (secondary N) is 1. The summed E-state index contributed by atoms with van der Waals surface area (Å²) in [6, 6.07) is 14.3. The summed E-state index contributed by atoms with van der Waals surface area (Å²) in [7, 11) is -3.24. The number of thiazole rings is 1. The van der Waals surface area contributed by atoms with Gasteiger partial charge in [-0.2, -0.15) is 11.3 Å². The van der Waals surface area contributed by atoms with Gasteiger partial charge in [-0.3, -0.25) is 4.79 Å². The normalized spacial score (nSPS) is 11.6. The number of nitrogens with zero attached hydrogens (tertiary/aromatic N) is 1. The molecule has 0 radical (unpaired) electrons. The van der Waals surface area contributed by atoms with Crippen LogP contribution in [0.25, 0.3) is 10.2 Å². The van der Waals surface area contributed by atoms with Gasteiger partial charge in [-0.05, 0) is 64.7 Å². The van der Waals surface area contributed by atoms with E-state index in [4.69, 9.17) is 0 Å². The molecule has 9 heteroatoms. The van der Waals surface area contributed by atoms with Gasteiger partial charge in [-0.1, -0.05) is 23.9 Å². The molecule has 0 aliphatic carbocycles. The molecule has 0 atom stereocenters. The summed E-state index contributed by atoms with van der Waals surface area (Å²) in [6.07, 6.45) is 2.36. The first-order valence-corrected chi connectivity index (χ1v) is 14.1. The molecule has 31 heavy (non-hydrogen) atoms. The number of carbonyl (C=O) groups is 1. The standard InChI is InChI=1S/C22H20N2O3S4/c1-31(26,27)18-5-2-15(3-6-18)12-21(25)23-17-4-7-19-20(13-17)30-22(24-19)29-11-9-16-8-10-28-14-16/h2-8,10,13-14H,9,11-12H2,1H3,(H,23,25). The largest absolute Gasteiger partial charge is 0.326 e. The number of aryl methyl sites for hydroxylation is 1. The molecule has 1 N–H and O–H groups in total. The van der Waals surface area contributed by atoms with Crippen molar-refractivity contribution in [2.45, 2.75) is 22.1 Å². The van der Waals surface area contributed by atoms with Crippen LogP contribution in [0.15, 0.2) is 68.5 Å². The predicted molar refractivity (Wildman–Crippen MR) is 130 cm³/mol. The Bertz CT molecular complexity index is 1290. The quantitative estimate of drug-likeness (QED) is 0.342. The van der Waals surface area contributed by atoms with Gasteiger partial charge in [-0.25, -0.2) is 13.4 Å². The lowest BCUT2D eigenvalue weighted by atomic mass is 10.1. The third kappa shape index (κ3) is 5.94. The maximum atomic E-state index is 12.4. The summed E-state index contributed by atoms with van der Waals surface area (Å²) < 4.78 is 25.2. The number of anilines is 1. The molecule has 4 aromatic rings. The van der Waals surface area contributed by atoms with Gasteiger partial charge in [0.1, 0.15) is 0 Å². The van der Waals surface area contributed by atoms with Crippen LogP contribution in [-0.4, -0.2) is 31.3 Å². The third-order valence-corrected chi connectivity index (χ3v) is 8.59. The van der Waals surface area contributed by atoms with Crippen LogP contribution in [0.2, 0.25) is 0 Å². The Kier molecular flexibility index (Phi) is 6.76. The first-order valence-electron chi connectivity index (χ1n) is 9.50. The Morgan fingerprint density at radius 1 is 1.10 bits per heavy atom. The molecule has 0 saturated heterocycles. The van der Waals surface area contributed by atoms with Crippen molar-refractivity contribution in [1.82, 2.24) is 4.98 Å². The van der Waals surface area contributed by atoms with Gasteiger partial charge in [-0.15, -0.1) is 11.3 Å². The second kappa shape index (κ2) is 9.52. The highest BCUT2D eigenvalue weighted by Gasteiger charge is 2.10.